The number of rotatable bonds is 4. The van der Waals surface area contributed by atoms with E-state index in [0.717, 1.165) is 42.8 Å². The van der Waals surface area contributed by atoms with Gasteiger partial charge in [0.05, 0.1) is 17.2 Å². The number of aromatic nitrogens is 1. The van der Waals surface area contributed by atoms with Gasteiger partial charge in [0.1, 0.15) is 0 Å². The van der Waals surface area contributed by atoms with Gasteiger partial charge in [0.2, 0.25) is 5.91 Å². The SMILES string of the molecule is CCc1nc(CNC(=O)C2CCCC(N)C2)cs1.Cl.Cl. The van der Waals surface area contributed by atoms with Crippen LogP contribution in [0, 0.1) is 5.92 Å². The van der Waals surface area contributed by atoms with Crippen molar-refractivity contribution in [3.63, 3.8) is 0 Å². The molecule has 116 valence electrons. The summed E-state index contributed by atoms with van der Waals surface area (Å²) < 4.78 is 0. The summed E-state index contributed by atoms with van der Waals surface area (Å²) in [6.07, 6.45) is 4.86. The molecule has 3 N–H and O–H groups in total. The molecule has 1 aromatic rings. The number of aryl methyl sites for hydroxylation is 1. The molecule has 1 aliphatic carbocycles. The first-order chi connectivity index (χ1) is 8.69. The molecule has 2 unspecified atom stereocenters. The highest BCUT2D eigenvalue weighted by atomic mass is 35.5. The van der Waals surface area contributed by atoms with Gasteiger partial charge < -0.3 is 11.1 Å². The number of nitrogens with two attached hydrogens (primary N) is 1. The van der Waals surface area contributed by atoms with Crippen molar-refractivity contribution in [3.8, 4) is 0 Å². The zero-order valence-electron chi connectivity index (χ0n) is 11.6. The lowest BCUT2D eigenvalue weighted by Crippen LogP contribution is -2.37. The summed E-state index contributed by atoms with van der Waals surface area (Å²) in [6.45, 7) is 2.63. The quantitative estimate of drug-likeness (QED) is 0.885. The first-order valence-corrected chi connectivity index (χ1v) is 7.53. The topological polar surface area (TPSA) is 68.0 Å². The van der Waals surface area contributed by atoms with E-state index in [2.05, 4.69) is 17.2 Å². The maximum atomic E-state index is 12.0. The van der Waals surface area contributed by atoms with Crippen LogP contribution in [0.4, 0.5) is 0 Å². The van der Waals surface area contributed by atoms with Crippen LogP contribution in [0.5, 0.6) is 0 Å². The van der Waals surface area contributed by atoms with E-state index in [1.54, 1.807) is 11.3 Å². The number of nitrogens with one attached hydrogen (secondary N) is 1. The van der Waals surface area contributed by atoms with Crippen LogP contribution in [-0.4, -0.2) is 16.9 Å². The summed E-state index contributed by atoms with van der Waals surface area (Å²) in [5.41, 5.74) is 6.86. The Bertz CT molecular complexity index is 414. The molecule has 20 heavy (non-hydrogen) atoms. The van der Waals surface area contributed by atoms with E-state index in [9.17, 15) is 4.79 Å². The summed E-state index contributed by atoms with van der Waals surface area (Å²) in [5, 5.41) is 6.12. The number of thiazole rings is 1. The molecule has 0 aromatic carbocycles. The molecule has 1 fully saturated rings. The number of hydrogen-bond donors (Lipinski definition) is 2. The highest BCUT2D eigenvalue weighted by molar-refractivity contribution is 7.09. The molecule has 0 aliphatic heterocycles. The largest absolute Gasteiger partial charge is 0.350 e. The van der Waals surface area contributed by atoms with E-state index >= 15 is 0 Å². The predicted octanol–water partition coefficient (Wildman–Crippen LogP) is 2.68. The Kier molecular flexibility index (Phi) is 9.38. The molecular weight excluding hydrogens is 317 g/mol. The van der Waals surface area contributed by atoms with E-state index in [-0.39, 0.29) is 42.7 Å². The lowest BCUT2D eigenvalue weighted by molar-refractivity contribution is -0.126. The fraction of sp³-hybridized carbons (Fsp3) is 0.692. The zero-order chi connectivity index (χ0) is 13.0. The molecule has 1 aliphatic rings. The highest BCUT2D eigenvalue weighted by Crippen LogP contribution is 2.23. The van der Waals surface area contributed by atoms with Crippen LogP contribution in [0.15, 0.2) is 5.38 Å². The predicted molar refractivity (Wildman–Crippen MR) is 87.8 cm³/mol. The summed E-state index contributed by atoms with van der Waals surface area (Å²) in [5.74, 6) is 0.231. The van der Waals surface area contributed by atoms with E-state index in [0.29, 0.717) is 6.54 Å². The summed E-state index contributed by atoms with van der Waals surface area (Å²) in [4.78, 5) is 16.4. The Morgan fingerprint density at radius 3 is 2.85 bits per heavy atom. The lowest BCUT2D eigenvalue weighted by Gasteiger charge is -2.25. The van der Waals surface area contributed by atoms with Gasteiger partial charge in [0, 0.05) is 17.3 Å². The van der Waals surface area contributed by atoms with Crippen molar-refractivity contribution >= 4 is 42.1 Å². The van der Waals surface area contributed by atoms with Gasteiger partial charge in [0.15, 0.2) is 0 Å². The molecule has 0 saturated heterocycles. The van der Waals surface area contributed by atoms with Gasteiger partial charge >= 0.3 is 0 Å². The molecule has 0 radical (unpaired) electrons. The number of hydrogen-bond acceptors (Lipinski definition) is 4. The van der Waals surface area contributed by atoms with Gasteiger partial charge in [-0.05, 0) is 25.7 Å². The Morgan fingerprint density at radius 1 is 1.50 bits per heavy atom. The van der Waals surface area contributed by atoms with Gasteiger partial charge in [0.25, 0.3) is 0 Å². The number of nitrogens with zero attached hydrogens (tertiary/aromatic N) is 1. The van der Waals surface area contributed by atoms with E-state index < -0.39 is 0 Å². The molecule has 1 saturated carbocycles. The standard InChI is InChI=1S/C13H21N3OS.2ClH/c1-2-12-16-11(8-18-12)7-15-13(17)9-4-3-5-10(14)6-9;;/h8-10H,2-7,14H2,1H3,(H,15,17);2*1H. The third-order valence-electron chi connectivity index (χ3n) is 3.43. The minimum absolute atomic E-state index is 0. The average molecular weight is 340 g/mol. The van der Waals surface area contributed by atoms with E-state index in [4.69, 9.17) is 5.73 Å². The molecule has 0 bridgehead atoms. The number of halogens is 2. The fourth-order valence-electron chi connectivity index (χ4n) is 2.38. The fourth-order valence-corrected chi connectivity index (χ4v) is 3.12. The van der Waals surface area contributed by atoms with Crippen LogP contribution in [-0.2, 0) is 17.8 Å². The maximum Gasteiger partial charge on any atom is 0.223 e. The van der Waals surface area contributed by atoms with Gasteiger partial charge in [-0.2, -0.15) is 0 Å². The van der Waals surface area contributed by atoms with Crippen molar-refractivity contribution in [1.82, 2.24) is 10.3 Å². The third kappa shape index (κ3) is 5.56. The Labute approximate surface area is 136 Å². The Balaban J connectivity index is 0.00000180. The van der Waals surface area contributed by atoms with Crippen LogP contribution in [0.25, 0.3) is 0 Å². The first-order valence-electron chi connectivity index (χ1n) is 6.65. The molecule has 1 aromatic heterocycles. The van der Waals surface area contributed by atoms with Crippen LogP contribution in [0.3, 0.4) is 0 Å². The number of carbonyl (C=O) groups is 1. The van der Waals surface area contributed by atoms with E-state index in [1.807, 2.05) is 5.38 Å². The highest BCUT2D eigenvalue weighted by Gasteiger charge is 2.25. The van der Waals surface area contributed by atoms with Gasteiger partial charge in [-0.15, -0.1) is 36.2 Å². The van der Waals surface area contributed by atoms with Crippen LogP contribution >= 0.6 is 36.2 Å². The first kappa shape index (κ1) is 19.6. The van der Waals surface area contributed by atoms with E-state index in [1.165, 1.54) is 0 Å². The number of carbonyl (C=O) groups excluding carboxylic acids is 1. The molecule has 1 heterocycles. The normalized spacial score (nSPS) is 21.5. The minimum atomic E-state index is 0. The van der Waals surface area contributed by atoms with Gasteiger partial charge in [-0.1, -0.05) is 13.3 Å². The minimum Gasteiger partial charge on any atom is -0.350 e. The van der Waals surface area contributed by atoms with Crippen molar-refractivity contribution in [1.29, 1.82) is 0 Å². The van der Waals surface area contributed by atoms with Crippen molar-refractivity contribution in [3.05, 3.63) is 16.1 Å². The summed E-state index contributed by atoms with van der Waals surface area (Å²) >= 11 is 1.65. The Hall–Kier alpha value is -0.360. The van der Waals surface area contributed by atoms with Crippen molar-refractivity contribution < 1.29 is 4.79 Å². The molecule has 0 spiro atoms. The average Bonchev–Trinajstić information content (AvgIpc) is 2.84. The number of amides is 1. The second-order valence-corrected chi connectivity index (χ2v) is 5.87. The van der Waals surface area contributed by atoms with Gasteiger partial charge in [-0.3, -0.25) is 4.79 Å². The van der Waals surface area contributed by atoms with Crippen LogP contribution in [0.2, 0.25) is 0 Å². The van der Waals surface area contributed by atoms with Crippen molar-refractivity contribution in [2.24, 2.45) is 11.7 Å². The summed E-state index contributed by atoms with van der Waals surface area (Å²) in [6, 6.07) is 0.195. The second kappa shape index (κ2) is 9.55. The zero-order valence-corrected chi connectivity index (χ0v) is 14.1. The van der Waals surface area contributed by atoms with Crippen molar-refractivity contribution in [2.75, 3.05) is 0 Å². The lowest BCUT2D eigenvalue weighted by atomic mass is 9.85. The smallest absolute Gasteiger partial charge is 0.223 e. The molecule has 4 nitrogen and oxygen atoms in total. The molecule has 7 heteroatoms. The second-order valence-electron chi connectivity index (χ2n) is 4.93. The molecular formula is C13H23Cl2N3OS. The van der Waals surface area contributed by atoms with Crippen molar-refractivity contribution in [2.45, 2.75) is 51.6 Å². The van der Waals surface area contributed by atoms with Crippen LogP contribution in [0.1, 0.15) is 43.3 Å². The molecule has 1 amide bonds. The summed E-state index contributed by atoms with van der Waals surface area (Å²) in [7, 11) is 0. The maximum absolute atomic E-state index is 12.0. The monoisotopic (exact) mass is 339 g/mol. The Morgan fingerprint density at radius 2 is 2.25 bits per heavy atom. The van der Waals surface area contributed by atoms with Crippen LogP contribution < -0.4 is 11.1 Å². The molecule has 2 rings (SSSR count). The van der Waals surface area contributed by atoms with Gasteiger partial charge in [-0.25, -0.2) is 4.98 Å². The third-order valence-corrected chi connectivity index (χ3v) is 4.47. The molecule has 2 atom stereocenters.